The molecular formula is C15H14N2O4. The molecule has 0 bridgehead atoms. The summed E-state index contributed by atoms with van der Waals surface area (Å²) in [5, 5.41) is 11.5. The zero-order valence-corrected chi connectivity index (χ0v) is 11.4. The van der Waals surface area contributed by atoms with Gasteiger partial charge in [-0.25, -0.2) is 4.79 Å². The number of aromatic nitrogens is 1. The number of rotatable bonds is 5. The smallest absolute Gasteiger partial charge is 0.337 e. The van der Waals surface area contributed by atoms with Crippen molar-refractivity contribution in [2.75, 3.05) is 7.11 Å². The highest BCUT2D eigenvalue weighted by Crippen LogP contribution is 2.16. The summed E-state index contributed by atoms with van der Waals surface area (Å²) < 4.78 is 5.19. The van der Waals surface area contributed by atoms with Crippen LogP contribution in [0.3, 0.4) is 0 Å². The van der Waals surface area contributed by atoms with Gasteiger partial charge in [0.2, 0.25) is 0 Å². The lowest BCUT2D eigenvalue weighted by Crippen LogP contribution is -2.24. The largest absolute Gasteiger partial charge is 0.496 e. The number of methoxy groups -OCH3 is 1. The van der Waals surface area contributed by atoms with Gasteiger partial charge in [-0.15, -0.1) is 0 Å². The number of amides is 1. The van der Waals surface area contributed by atoms with Gasteiger partial charge in [0.25, 0.3) is 5.91 Å². The maximum atomic E-state index is 11.9. The number of para-hydroxylation sites is 1. The molecule has 0 unspecified atom stereocenters. The van der Waals surface area contributed by atoms with Gasteiger partial charge in [0.1, 0.15) is 11.4 Å². The molecule has 1 aromatic heterocycles. The summed E-state index contributed by atoms with van der Waals surface area (Å²) in [4.78, 5) is 26.5. The highest BCUT2D eigenvalue weighted by Gasteiger charge is 2.10. The average molecular weight is 286 g/mol. The predicted molar refractivity (Wildman–Crippen MR) is 75.4 cm³/mol. The van der Waals surface area contributed by atoms with Crippen LogP contribution in [0.2, 0.25) is 0 Å². The fraction of sp³-hybridized carbons (Fsp3) is 0.133. The van der Waals surface area contributed by atoms with Crippen LogP contribution in [0.5, 0.6) is 5.75 Å². The molecule has 1 aromatic carbocycles. The van der Waals surface area contributed by atoms with E-state index in [1.165, 1.54) is 12.1 Å². The number of benzene rings is 1. The molecule has 2 aromatic rings. The molecule has 6 nitrogen and oxygen atoms in total. The monoisotopic (exact) mass is 286 g/mol. The number of aromatic carboxylic acids is 1. The van der Waals surface area contributed by atoms with Gasteiger partial charge in [-0.2, -0.15) is 0 Å². The Balaban J connectivity index is 2.03. The number of carbonyl (C=O) groups excluding carboxylic acids is 1. The molecule has 0 aliphatic carbocycles. The molecular weight excluding hydrogens is 272 g/mol. The fourth-order valence-electron chi connectivity index (χ4n) is 1.77. The lowest BCUT2D eigenvalue weighted by Gasteiger charge is -2.09. The summed E-state index contributed by atoms with van der Waals surface area (Å²) in [5.41, 5.74) is 1.04. The van der Waals surface area contributed by atoms with Gasteiger partial charge in [-0.1, -0.05) is 18.2 Å². The van der Waals surface area contributed by atoms with Gasteiger partial charge in [0, 0.05) is 18.3 Å². The number of carboxylic acids is 1. The van der Waals surface area contributed by atoms with Crippen molar-refractivity contribution >= 4 is 11.9 Å². The van der Waals surface area contributed by atoms with Crippen molar-refractivity contribution in [3.63, 3.8) is 0 Å². The summed E-state index contributed by atoms with van der Waals surface area (Å²) in [5.74, 6) is -0.770. The van der Waals surface area contributed by atoms with Crippen LogP contribution in [0.15, 0.2) is 42.6 Å². The van der Waals surface area contributed by atoms with Crippen LogP contribution in [0, 0.1) is 0 Å². The molecule has 0 saturated carbocycles. The molecule has 0 atom stereocenters. The van der Waals surface area contributed by atoms with Gasteiger partial charge in [-0.05, 0) is 18.2 Å². The third-order valence-electron chi connectivity index (χ3n) is 2.87. The molecule has 0 saturated heterocycles. The maximum Gasteiger partial charge on any atom is 0.337 e. The third kappa shape index (κ3) is 3.56. The normalized spacial score (nSPS) is 9.95. The standard InChI is InChI=1S/C15H14N2O4/c1-21-13-5-3-2-4-10(13)8-17-14(18)12-7-6-11(9-16-12)15(19)20/h2-7,9H,8H2,1H3,(H,17,18)(H,19,20). The Kier molecular flexibility index (Phi) is 4.50. The van der Waals surface area contributed by atoms with E-state index in [-0.39, 0.29) is 17.2 Å². The van der Waals surface area contributed by atoms with Crippen molar-refractivity contribution in [2.24, 2.45) is 0 Å². The summed E-state index contributed by atoms with van der Waals surface area (Å²) >= 11 is 0. The molecule has 2 N–H and O–H groups in total. The molecule has 0 spiro atoms. The van der Waals surface area contributed by atoms with E-state index < -0.39 is 5.97 Å². The van der Waals surface area contributed by atoms with Gasteiger partial charge in [0.15, 0.2) is 0 Å². The van der Waals surface area contributed by atoms with Crippen LogP contribution < -0.4 is 10.1 Å². The first kappa shape index (κ1) is 14.5. The van der Waals surface area contributed by atoms with E-state index in [1.54, 1.807) is 13.2 Å². The van der Waals surface area contributed by atoms with Crippen LogP contribution in [-0.2, 0) is 6.54 Å². The van der Waals surface area contributed by atoms with Crippen LogP contribution in [-0.4, -0.2) is 29.1 Å². The lowest BCUT2D eigenvalue weighted by atomic mass is 10.2. The molecule has 0 aliphatic rings. The second-order valence-corrected chi connectivity index (χ2v) is 4.23. The number of carboxylic acid groups (broad SMARTS) is 1. The Hall–Kier alpha value is -2.89. The number of hydrogen-bond acceptors (Lipinski definition) is 4. The second-order valence-electron chi connectivity index (χ2n) is 4.23. The van der Waals surface area contributed by atoms with Gasteiger partial charge in [-0.3, -0.25) is 9.78 Å². The van der Waals surface area contributed by atoms with E-state index in [2.05, 4.69) is 10.3 Å². The summed E-state index contributed by atoms with van der Waals surface area (Å²) in [7, 11) is 1.56. The van der Waals surface area contributed by atoms with E-state index in [0.29, 0.717) is 12.3 Å². The first-order valence-corrected chi connectivity index (χ1v) is 6.21. The number of ether oxygens (including phenoxy) is 1. The SMILES string of the molecule is COc1ccccc1CNC(=O)c1ccc(C(=O)O)cn1. The number of pyridine rings is 1. The van der Waals surface area contributed by atoms with Crippen molar-refractivity contribution in [2.45, 2.75) is 6.54 Å². The quantitative estimate of drug-likeness (QED) is 0.873. The second kappa shape index (κ2) is 6.51. The zero-order valence-electron chi connectivity index (χ0n) is 11.4. The molecule has 1 heterocycles. The molecule has 6 heteroatoms. The number of nitrogens with zero attached hydrogens (tertiary/aromatic N) is 1. The van der Waals surface area contributed by atoms with E-state index in [4.69, 9.17) is 9.84 Å². The first-order valence-electron chi connectivity index (χ1n) is 6.21. The lowest BCUT2D eigenvalue weighted by molar-refractivity contribution is 0.0695. The number of nitrogens with one attached hydrogen (secondary N) is 1. The molecule has 0 aliphatic heterocycles. The van der Waals surface area contributed by atoms with Crippen molar-refractivity contribution in [1.82, 2.24) is 10.3 Å². The summed E-state index contributed by atoms with van der Waals surface area (Å²) in [6.45, 7) is 0.297. The average Bonchev–Trinajstić information content (AvgIpc) is 2.52. The Morgan fingerprint density at radius 1 is 1.24 bits per heavy atom. The van der Waals surface area contributed by atoms with Crippen LogP contribution in [0.1, 0.15) is 26.4 Å². The van der Waals surface area contributed by atoms with Crippen molar-refractivity contribution in [3.05, 3.63) is 59.4 Å². The fourth-order valence-corrected chi connectivity index (χ4v) is 1.77. The van der Waals surface area contributed by atoms with Crippen LogP contribution >= 0.6 is 0 Å². The van der Waals surface area contributed by atoms with Crippen LogP contribution in [0.25, 0.3) is 0 Å². The van der Waals surface area contributed by atoms with Gasteiger partial charge < -0.3 is 15.2 Å². The first-order chi connectivity index (χ1) is 10.1. The van der Waals surface area contributed by atoms with Gasteiger partial charge >= 0.3 is 5.97 Å². The minimum atomic E-state index is -1.08. The Labute approximate surface area is 121 Å². The van der Waals surface area contributed by atoms with E-state index >= 15 is 0 Å². The molecule has 108 valence electrons. The molecule has 0 radical (unpaired) electrons. The molecule has 0 fully saturated rings. The van der Waals surface area contributed by atoms with Crippen LogP contribution in [0.4, 0.5) is 0 Å². The maximum absolute atomic E-state index is 11.9. The summed E-state index contributed by atoms with van der Waals surface area (Å²) in [6, 6.07) is 10.1. The predicted octanol–water partition coefficient (Wildman–Crippen LogP) is 1.72. The molecule has 21 heavy (non-hydrogen) atoms. The number of carbonyl (C=O) groups is 2. The topological polar surface area (TPSA) is 88.5 Å². The highest BCUT2D eigenvalue weighted by molar-refractivity contribution is 5.93. The Bertz CT molecular complexity index is 653. The minimum Gasteiger partial charge on any atom is -0.496 e. The van der Waals surface area contributed by atoms with Crippen molar-refractivity contribution < 1.29 is 19.4 Å². The van der Waals surface area contributed by atoms with Crippen molar-refractivity contribution in [3.8, 4) is 5.75 Å². The van der Waals surface area contributed by atoms with E-state index in [0.717, 1.165) is 11.8 Å². The highest BCUT2D eigenvalue weighted by atomic mass is 16.5. The Morgan fingerprint density at radius 3 is 2.62 bits per heavy atom. The minimum absolute atomic E-state index is 0.0382. The van der Waals surface area contributed by atoms with E-state index in [9.17, 15) is 9.59 Å². The molecule has 2 rings (SSSR count). The van der Waals surface area contributed by atoms with Gasteiger partial charge in [0.05, 0.1) is 12.7 Å². The van der Waals surface area contributed by atoms with Crippen molar-refractivity contribution in [1.29, 1.82) is 0 Å². The third-order valence-corrected chi connectivity index (χ3v) is 2.87. The Morgan fingerprint density at radius 2 is 2.00 bits per heavy atom. The zero-order chi connectivity index (χ0) is 15.2. The number of hydrogen-bond donors (Lipinski definition) is 2. The molecule has 1 amide bonds. The summed E-state index contributed by atoms with van der Waals surface area (Å²) in [6.07, 6.45) is 1.15. The van der Waals surface area contributed by atoms with E-state index in [1.807, 2.05) is 18.2 Å².